The van der Waals surface area contributed by atoms with Crippen molar-refractivity contribution < 1.29 is 4.74 Å². The van der Waals surface area contributed by atoms with Crippen LogP contribution in [-0.2, 0) is 23.3 Å². The SMILES string of the molecule is CCOC(C)(C)c1nc(CC(C)C)c(CNC2CC2)s1. The van der Waals surface area contributed by atoms with Gasteiger partial charge < -0.3 is 10.1 Å². The molecular formula is C16H28N2OS. The number of nitrogens with one attached hydrogen (secondary N) is 1. The molecule has 4 heteroatoms. The van der Waals surface area contributed by atoms with Crippen LogP contribution in [0.2, 0.25) is 0 Å². The minimum absolute atomic E-state index is 0.275. The molecule has 0 spiro atoms. The third-order valence-corrected chi connectivity index (χ3v) is 4.93. The van der Waals surface area contributed by atoms with E-state index in [9.17, 15) is 0 Å². The van der Waals surface area contributed by atoms with Crippen LogP contribution in [0.5, 0.6) is 0 Å². The third-order valence-electron chi connectivity index (χ3n) is 3.53. The van der Waals surface area contributed by atoms with E-state index in [1.165, 1.54) is 23.4 Å². The van der Waals surface area contributed by atoms with Crippen molar-refractivity contribution >= 4 is 11.3 Å². The molecule has 0 aromatic carbocycles. The summed E-state index contributed by atoms with van der Waals surface area (Å²) in [5, 5.41) is 4.73. The van der Waals surface area contributed by atoms with E-state index in [-0.39, 0.29) is 5.60 Å². The first kappa shape index (κ1) is 15.9. The number of ether oxygens (including phenoxy) is 1. The third kappa shape index (κ3) is 4.27. The molecule has 0 unspecified atom stereocenters. The van der Waals surface area contributed by atoms with Crippen LogP contribution in [0.15, 0.2) is 0 Å². The molecule has 1 aromatic heterocycles. The van der Waals surface area contributed by atoms with E-state index >= 15 is 0 Å². The normalized spacial score (nSPS) is 16.1. The van der Waals surface area contributed by atoms with Gasteiger partial charge in [0.25, 0.3) is 0 Å². The van der Waals surface area contributed by atoms with Crippen LogP contribution < -0.4 is 5.32 Å². The highest BCUT2D eigenvalue weighted by atomic mass is 32.1. The summed E-state index contributed by atoms with van der Waals surface area (Å²) in [6.07, 6.45) is 3.71. The Hall–Kier alpha value is -0.450. The quantitative estimate of drug-likeness (QED) is 0.791. The Morgan fingerprint density at radius 2 is 2.10 bits per heavy atom. The molecule has 3 nitrogen and oxygen atoms in total. The zero-order valence-corrected chi connectivity index (χ0v) is 14.3. The molecule has 1 aliphatic carbocycles. The van der Waals surface area contributed by atoms with Crippen molar-refractivity contribution in [3.05, 3.63) is 15.6 Å². The summed E-state index contributed by atoms with van der Waals surface area (Å²) in [6, 6.07) is 0.743. The van der Waals surface area contributed by atoms with Gasteiger partial charge >= 0.3 is 0 Å². The molecule has 2 rings (SSSR count). The van der Waals surface area contributed by atoms with Crippen LogP contribution in [-0.4, -0.2) is 17.6 Å². The Balaban J connectivity index is 2.15. The molecule has 0 atom stereocenters. The van der Waals surface area contributed by atoms with Gasteiger partial charge in [0.1, 0.15) is 10.6 Å². The van der Waals surface area contributed by atoms with Crippen molar-refractivity contribution in [3.63, 3.8) is 0 Å². The highest BCUT2D eigenvalue weighted by molar-refractivity contribution is 7.11. The number of nitrogens with zero attached hydrogens (tertiary/aromatic N) is 1. The topological polar surface area (TPSA) is 34.1 Å². The number of hydrogen-bond acceptors (Lipinski definition) is 4. The van der Waals surface area contributed by atoms with Gasteiger partial charge in [0.2, 0.25) is 0 Å². The minimum Gasteiger partial charge on any atom is -0.369 e. The molecule has 0 amide bonds. The van der Waals surface area contributed by atoms with E-state index in [1.54, 1.807) is 0 Å². The Morgan fingerprint density at radius 3 is 2.65 bits per heavy atom. The minimum atomic E-state index is -0.275. The number of rotatable bonds is 8. The molecule has 1 N–H and O–H groups in total. The first-order chi connectivity index (χ1) is 9.42. The molecule has 0 radical (unpaired) electrons. The number of thiazole rings is 1. The average molecular weight is 296 g/mol. The van der Waals surface area contributed by atoms with Gasteiger partial charge in [-0.1, -0.05) is 13.8 Å². The Labute approximate surface area is 127 Å². The van der Waals surface area contributed by atoms with Crippen molar-refractivity contribution in [1.82, 2.24) is 10.3 Å². The Bertz CT molecular complexity index is 436. The summed E-state index contributed by atoms with van der Waals surface area (Å²) in [7, 11) is 0. The van der Waals surface area contributed by atoms with Crippen molar-refractivity contribution in [2.24, 2.45) is 5.92 Å². The summed E-state index contributed by atoms with van der Waals surface area (Å²) >= 11 is 1.82. The van der Waals surface area contributed by atoms with Crippen molar-refractivity contribution in [3.8, 4) is 0 Å². The number of hydrogen-bond donors (Lipinski definition) is 1. The van der Waals surface area contributed by atoms with Gasteiger partial charge in [-0.05, 0) is 46.0 Å². The van der Waals surface area contributed by atoms with Crippen LogP contribution in [0.25, 0.3) is 0 Å². The lowest BCUT2D eigenvalue weighted by molar-refractivity contribution is -0.0142. The van der Waals surface area contributed by atoms with E-state index in [0.717, 1.165) is 30.6 Å². The first-order valence-electron chi connectivity index (χ1n) is 7.78. The molecule has 1 aliphatic rings. The smallest absolute Gasteiger partial charge is 0.125 e. The van der Waals surface area contributed by atoms with Crippen LogP contribution in [0.1, 0.15) is 63.0 Å². The van der Waals surface area contributed by atoms with Crippen LogP contribution in [0.3, 0.4) is 0 Å². The summed E-state index contributed by atoms with van der Waals surface area (Å²) in [4.78, 5) is 6.29. The van der Waals surface area contributed by atoms with E-state index in [4.69, 9.17) is 9.72 Å². The van der Waals surface area contributed by atoms with Crippen molar-refractivity contribution in [2.75, 3.05) is 6.61 Å². The molecule has 1 heterocycles. The summed E-state index contributed by atoms with van der Waals surface area (Å²) in [5.41, 5.74) is 0.990. The molecule has 1 saturated carbocycles. The van der Waals surface area contributed by atoms with Gasteiger partial charge in [-0.25, -0.2) is 4.98 Å². The van der Waals surface area contributed by atoms with Crippen LogP contribution in [0, 0.1) is 5.92 Å². The summed E-state index contributed by atoms with van der Waals surface area (Å²) < 4.78 is 5.85. The predicted octanol–water partition coefficient (Wildman–Crippen LogP) is 3.87. The van der Waals surface area contributed by atoms with Crippen molar-refractivity contribution in [2.45, 2.75) is 72.1 Å². The molecule has 0 bridgehead atoms. The maximum Gasteiger partial charge on any atom is 0.125 e. The lowest BCUT2D eigenvalue weighted by atomic mass is 10.1. The van der Waals surface area contributed by atoms with Crippen LogP contribution >= 0.6 is 11.3 Å². The molecule has 1 fully saturated rings. The van der Waals surface area contributed by atoms with Crippen molar-refractivity contribution in [1.29, 1.82) is 0 Å². The van der Waals surface area contributed by atoms with E-state index in [0.29, 0.717) is 5.92 Å². The molecule has 1 aromatic rings. The standard InChI is InChI=1S/C16H28N2OS/c1-6-19-16(4,5)15-18-13(9-11(2)3)14(20-15)10-17-12-7-8-12/h11-12,17H,6-10H2,1-5H3. The van der Waals surface area contributed by atoms with E-state index in [1.807, 2.05) is 18.3 Å². The fourth-order valence-corrected chi connectivity index (χ4v) is 3.37. The largest absolute Gasteiger partial charge is 0.369 e. The molecule has 0 aliphatic heterocycles. The lowest BCUT2D eigenvalue weighted by Gasteiger charge is -2.21. The van der Waals surface area contributed by atoms with E-state index in [2.05, 4.69) is 33.0 Å². The van der Waals surface area contributed by atoms with Crippen LogP contribution in [0.4, 0.5) is 0 Å². The number of aromatic nitrogens is 1. The second-order valence-electron chi connectivity index (χ2n) is 6.59. The fraction of sp³-hybridized carbons (Fsp3) is 0.812. The first-order valence-corrected chi connectivity index (χ1v) is 8.60. The monoisotopic (exact) mass is 296 g/mol. The van der Waals surface area contributed by atoms with Gasteiger partial charge in [-0.2, -0.15) is 0 Å². The van der Waals surface area contributed by atoms with Gasteiger partial charge in [0.15, 0.2) is 0 Å². The molecular weight excluding hydrogens is 268 g/mol. The van der Waals surface area contributed by atoms with Gasteiger partial charge in [-0.15, -0.1) is 11.3 Å². The zero-order chi connectivity index (χ0) is 14.8. The average Bonchev–Trinajstić information content (AvgIpc) is 3.08. The highest BCUT2D eigenvalue weighted by Crippen LogP contribution is 2.32. The maximum atomic E-state index is 5.85. The lowest BCUT2D eigenvalue weighted by Crippen LogP contribution is -2.21. The Morgan fingerprint density at radius 1 is 1.40 bits per heavy atom. The second-order valence-corrected chi connectivity index (χ2v) is 7.67. The maximum absolute atomic E-state index is 5.85. The second kappa shape index (κ2) is 6.54. The Kier molecular flexibility index (Phi) is 5.21. The van der Waals surface area contributed by atoms with Gasteiger partial charge in [-0.3, -0.25) is 0 Å². The highest BCUT2D eigenvalue weighted by Gasteiger charge is 2.28. The summed E-state index contributed by atoms with van der Waals surface area (Å²) in [5.74, 6) is 0.639. The van der Waals surface area contributed by atoms with Gasteiger partial charge in [0, 0.05) is 24.1 Å². The summed E-state index contributed by atoms with van der Waals surface area (Å²) in [6.45, 7) is 12.5. The van der Waals surface area contributed by atoms with E-state index < -0.39 is 0 Å². The molecule has 114 valence electrons. The predicted molar refractivity (Wildman–Crippen MR) is 85.2 cm³/mol. The zero-order valence-electron chi connectivity index (χ0n) is 13.5. The molecule has 0 saturated heterocycles. The van der Waals surface area contributed by atoms with Gasteiger partial charge in [0.05, 0.1) is 5.69 Å². The fourth-order valence-electron chi connectivity index (χ4n) is 2.27. The molecule has 20 heavy (non-hydrogen) atoms.